The largest absolute Gasteiger partial charge is 0.456 e. The predicted molar refractivity (Wildman–Crippen MR) is 227 cm³/mol. The van der Waals surface area contributed by atoms with Gasteiger partial charge in [0.05, 0.1) is 11.4 Å². The Bertz CT molecular complexity index is 3220. The maximum atomic E-state index is 6.71. The van der Waals surface area contributed by atoms with Crippen molar-refractivity contribution in [2.75, 3.05) is 0 Å². The molecule has 0 fully saturated rings. The number of fused-ring (bicyclic) bond motifs is 6. The Kier molecular flexibility index (Phi) is 7.42. The smallest absolute Gasteiger partial charge is 0.160 e. The molecule has 4 heterocycles. The van der Waals surface area contributed by atoms with E-state index in [0.29, 0.717) is 5.82 Å². The first-order chi connectivity index (χ1) is 27.7. The number of benzene rings is 7. The normalized spacial score (nSPS) is 11.6. The van der Waals surface area contributed by atoms with Crippen LogP contribution in [-0.2, 0) is 0 Å². The fraction of sp³-hybridized carbons (Fsp3) is 0. The summed E-state index contributed by atoms with van der Waals surface area (Å²) in [5, 5.41) is 4.36. The van der Waals surface area contributed by atoms with Crippen molar-refractivity contribution in [3.05, 3.63) is 188 Å². The van der Waals surface area contributed by atoms with E-state index in [2.05, 4.69) is 126 Å². The SMILES string of the molecule is c1ccc(-c2cc(-c3ccc(-c4cccnc4)cc3)nc(-c3ccc(-c4ccc(-c5cccc6oc7ccccc7c56)c5c4oc4ccccc45)cc3)n2)cc1. The van der Waals surface area contributed by atoms with Gasteiger partial charge in [-0.2, -0.15) is 0 Å². The van der Waals surface area contributed by atoms with Gasteiger partial charge in [-0.25, -0.2) is 9.97 Å². The van der Waals surface area contributed by atoms with E-state index in [0.717, 1.165) is 105 Å². The molecule has 5 heteroatoms. The molecule has 0 aliphatic heterocycles. The van der Waals surface area contributed by atoms with Gasteiger partial charge in [-0.15, -0.1) is 0 Å². The van der Waals surface area contributed by atoms with Gasteiger partial charge in [0.1, 0.15) is 22.3 Å². The second kappa shape index (κ2) is 13.0. The minimum absolute atomic E-state index is 0.661. The fourth-order valence-electron chi connectivity index (χ4n) is 7.93. The van der Waals surface area contributed by atoms with Crippen molar-refractivity contribution in [1.29, 1.82) is 0 Å². The fourth-order valence-corrected chi connectivity index (χ4v) is 7.93. The van der Waals surface area contributed by atoms with Gasteiger partial charge in [0.25, 0.3) is 0 Å². The molecule has 0 aliphatic rings. The third-order valence-corrected chi connectivity index (χ3v) is 10.6. The average molecular weight is 718 g/mol. The molecule has 0 radical (unpaired) electrons. The van der Waals surface area contributed by atoms with Gasteiger partial charge in [-0.05, 0) is 64.2 Å². The molecule has 0 aliphatic carbocycles. The van der Waals surface area contributed by atoms with Crippen LogP contribution in [0.3, 0.4) is 0 Å². The molecule has 11 aromatic rings. The first-order valence-electron chi connectivity index (χ1n) is 18.7. The third kappa shape index (κ3) is 5.37. The van der Waals surface area contributed by atoms with E-state index in [-0.39, 0.29) is 0 Å². The van der Waals surface area contributed by atoms with Crippen LogP contribution in [0.4, 0.5) is 0 Å². The summed E-state index contributed by atoms with van der Waals surface area (Å²) in [7, 11) is 0. The number of nitrogens with zero attached hydrogens (tertiary/aromatic N) is 3. The van der Waals surface area contributed by atoms with Crippen molar-refractivity contribution in [2.24, 2.45) is 0 Å². The molecule has 0 amide bonds. The predicted octanol–water partition coefficient (Wildman–Crippen LogP) is 13.7. The number of rotatable bonds is 6. The number of hydrogen-bond acceptors (Lipinski definition) is 5. The summed E-state index contributed by atoms with van der Waals surface area (Å²) in [6.07, 6.45) is 3.67. The minimum Gasteiger partial charge on any atom is -0.456 e. The molecular weight excluding hydrogens is 687 g/mol. The quantitative estimate of drug-likeness (QED) is 0.171. The van der Waals surface area contributed by atoms with Gasteiger partial charge in [0, 0.05) is 56.2 Å². The van der Waals surface area contributed by atoms with E-state index >= 15 is 0 Å². The summed E-state index contributed by atoms with van der Waals surface area (Å²) in [6, 6.07) is 60.5. The Labute approximate surface area is 322 Å². The summed E-state index contributed by atoms with van der Waals surface area (Å²) in [5.74, 6) is 0.661. The van der Waals surface area contributed by atoms with E-state index in [1.807, 2.05) is 60.8 Å². The van der Waals surface area contributed by atoms with Crippen LogP contribution < -0.4 is 0 Å². The van der Waals surface area contributed by atoms with E-state index in [4.69, 9.17) is 18.8 Å². The molecule has 0 atom stereocenters. The van der Waals surface area contributed by atoms with E-state index in [9.17, 15) is 0 Å². The maximum absolute atomic E-state index is 6.71. The molecule has 0 N–H and O–H groups in total. The van der Waals surface area contributed by atoms with Gasteiger partial charge in [-0.3, -0.25) is 4.98 Å². The lowest BCUT2D eigenvalue weighted by atomic mass is 9.92. The lowest BCUT2D eigenvalue weighted by molar-refractivity contribution is 0.668. The highest BCUT2D eigenvalue weighted by Crippen LogP contribution is 2.45. The van der Waals surface area contributed by atoms with Gasteiger partial charge in [0.15, 0.2) is 5.82 Å². The van der Waals surface area contributed by atoms with E-state index in [1.54, 1.807) is 6.20 Å². The van der Waals surface area contributed by atoms with Crippen molar-refractivity contribution >= 4 is 43.9 Å². The van der Waals surface area contributed by atoms with Crippen molar-refractivity contribution in [2.45, 2.75) is 0 Å². The van der Waals surface area contributed by atoms with Crippen LogP contribution in [0.25, 0.3) is 111 Å². The second-order valence-corrected chi connectivity index (χ2v) is 14.0. The highest BCUT2D eigenvalue weighted by Gasteiger charge is 2.20. The number of furan rings is 2. The Morgan fingerprint density at radius 1 is 0.357 bits per heavy atom. The van der Waals surface area contributed by atoms with E-state index in [1.165, 1.54) is 0 Å². The molecule has 0 saturated heterocycles. The molecular formula is C51H31N3O2. The summed E-state index contributed by atoms with van der Waals surface area (Å²) < 4.78 is 13.0. The van der Waals surface area contributed by atoms with Crippen LogP contribution in [0.15, 0.2) is 197 Å². The monoisotopic (exact) mass is 717 g/mol. The molecule has 0 spiro atoms. The Balaban J connectivity index is 1.02. The molecule has 7 aromatic carbocycles. The number of pyridine rings is 1. The zero-order valence-electron chi connectivity index (χ0n) is 30.1. The third-order valence-electron chi connectivity index (χ3n) is 10.6. The zero-order valence-corrected chi connectivity index (χ0v) is 30.1. The number of aromatic nitrogens is 3. The molecule has 0 bridgehead atoms. The zero-order chi connectivity index (χ0) is 37.0. The van der Waals surface area contributed by atoms with Crippen LogP contribution >= 0.6 is 0 Å². The summed E-state index contributed by atoms with van der Waals surface area (Å²) in [6.45, 7) is 0. The maximum Gasteiger partial charge on any atom is 0.160 e. The Morgan fingerprint density at radius 2 is 0.929 bits per heavy atom. The standard InChI is InChI=1S/C51H31N3O2/c1-2-10-34(11-3-1)43-30-44(35-23-19-32(20-24-35)37-12-9-29-52-31-37)54-51(53-43)36-25-21-33(22-26-36)38-27-28-40(49-42-14-5-7-17-46(42)56-50(38)49)39-15-8-18-47-48(39)41-13-4-6-16-45(41)55-47/h1-31H. The number of hydrogen-bond donors (Lipinski definition) is 0. The summed E-state index contributed by atoms with van der Waals surface area (Å²) >= 11 is 0. The van der Waals surface area contributed by atoms with Gasteiger partial charge in [0.2, 0.25) is 0 Å². The van der Waals surface area contributed by atoms with Gasteiger partial charge in [-0.1, -0.05) is 140 Å². The molecule has 56 heavy (non-hydrogen) atoms. The van der Waals surface area contributed by atoms with Gasteiger partial charge < -0.3 is 8.83 Å². The van der Waals surface area contributed by atoms with Crippen LogP contribution in [0, 0.1) is 0 Å². The van der Waals surface area contributed by atoms with Crippen LogP contribution in [-0.4, -0.2) is 15.0 Å². The lowest BCUT2D eigenvalue weighted by Crippen LogP contribution is -1.96. The molecule has 4 aromatic heterocycles. The Hall–Kier alpha value is -7.63. The Morgan fingerprint density at radius 3 is 1.68 bits per heavy atom. The first kappa shape index (κ1) is 31.9. The second-order valence-electron chi connectivity index (χ2n) is 14.0. The van der Waals surface area contributed by atoms with Crippen LogP contribution in [0.1, 0.15) is 0 Å². The molecule has 0 unspecified atom stereocenters. The van der Waals surface area contributed by atoms with Crippen LogP contribution in [0.2, 0.25) is 0 Å². The highest BCUT2D eigenvalue weighted by atomic mass is 16.3. The number of para-hydroxylation sites is 2. The van der Waals surface area contributed by atoms with Crippen molar-refractivity contribution in [3.8, 4) is 67.3 Å². The summed E-state index contributed by atoms with van der Waals surface area (Å²) in [4.78, 5) is 14.5. The van der Waals surface area contributed by atoms with Crippen LogP contribution in [0.5, 0.6) is 0 Å². The van der Waals surface area contributed by atoms with Crippen molar-refractivity contribution in [1.82, 2.24) is 15.0 Å². The average Bonchev–Trinajstić information content (AvgIpc) is 3.86. The van der Waals surface area contributed by atoms with Gasteiger partial charge >= 0.3 is 0 Å². The molecule has 11 rings (SSSR count). The molecule has 0 saturated carbocycles. The minimum atomic E-state index is 0.661. The summed E-state index contributed by atoms with van der Waals surface area (Å²) in [5.41, 5.74) is 14.6. The first-order valence-corrected chi connectivity index (χ1v) is 18.7. The van der Waals surface area contributed by atoms with E-state index < -0.39 is 0 Å². The van der Waals surface area contributed by atoms with Crippen molar-refractivity contribution < 1.29 is 8.83 Å². The molecule has 262 valence electrons. The lowest BCUT2D eigenvalue weighted by Gasteiger charge is -2.11. The van der Waals surface area contributed by atoms with Crippen molar-refractivity contribution in [3.63, 3.8) is 0 Å². The highest BCUT2D eigenvalue weighted by molar-refractivity contribution is 6.21. The topological polar surface area (TPSA) is 65.0 Å². The molecule has 5 nitrogen and oxygen atoms in total.